The molecule has 2 amide bonds. The standard InChI is InChI=1S/C14H21N3O3/c1-10-4-2-6-17(11(10)8-15)9-13(18)16-14(19)12-5-3-7-20-12/h3,5,7,10-11H,2,4,6,8-9,15H2,1H3,(H,16,18,19). The third kappa shape index (κ3) is 3.46. The number of furan rings is 1. The van der Waals surface area contributed by atoms with Crippen LogP contribution in [0.5, 0.6) is 0 Å². The van der Waals surface area contributed by atoms with Crippen molar-refractivity contribution in [3.8, 4) is 0 Å². The Morgan fingerprint density at radius 3 is 3.00 bits per heavy atom. The van der Waals surface area contributed by atoms with E-state index in [-0.39, 0.29) is 24.3 Å². The molecule has 6 heteroatoms. The zero-order valence-electron chi connectivity index (χ0n) is 11.7. The molecule has 0 aliphatic carbocycles. The summed E-state index contributed by atoms with van der Waals surface area (Å²) in [4.78, 5) is 25.7. The highest BCUT2D eigenvalue weighted by atomic mass is 16.3. The summed E-state index contributed by atoms with van der Waals surface area (Å²) >= 11 is 0. The zero-order valence-corrected chi connectivity index (χ0v) is 11.7. The normalized spacial score (nSPS) is 23.5. The molecule has 1 aliphatic rings. The van der Waals surface area contributed by atoms with Crippen molar-refractivity contribution in [2.45, 2.75) is 25.8 Å². The summed E-state index contributed by atoms with van der Waals surface area (Å²) < 4.78 is 4.95. The summed E-state index contributed by atoms with van der Waals surface area (Å²) in [6.07, 6.45) is 3.58. The Kier molecular flexibility index (Phi) is 4.92. The largest absolute Gasteiger partial charge is 0.459 e. The molecule has 2 rings (SSSR count). The molecule has 0 spiro atoms. The quantitative estimate of drug-likeness (QED) is 0.842. The van der Waals surface area contributed by atoms with E-state index in [1.165, 1.54) is 12.3 Å². The van der Waals surface area contributed by atoms with E-state index in [1.54, 1.807) is 6.07 Å². The monoisotopic (exact) mass is 279 g/mol. The molecule has 2 heterocycles. The minimum absolute atomic E-state index is 0.140. The molecule has 0 bridgehead atoms. The molecule has 1 saturated heterocycles. The smallest absolute Gasteiger partial charge is 0.293 e. The third-order valence-corrected chi connectivity index (χ3v) is 3.82. The fourth-order valence-electron chi connectivity index (χ4n) is 2.73. The fraction of sp³-hybridized carbons (Fsp3) is 0.571. The van der Waals surface area contributed by atoms with Crippen molar-refractivity contribution in [1.29, 1.82) is 0 Å². The highest BCUT2D eigenvalue weighted by Gasteiger charge is 2.29. The molecule has 1 fully saturated rings. The predicted molar refractivity (Wildman–Crippen MR) is 74.0 cm³/mol. The first-order valence-electron chi connectivity index (χ1n) is 6.93. The van der Waals surface area contributed by atoms with Gasteiger partial charge in [0.1, 0.15) is 0 Å². The molecule has 1 aromatic rings. The topological polar surface area (TPSA) is 88.6 Å². The number of hydrogen-bond acceptors (Lipinski definition) is 5. The fourth-order valence-corrected chi connectivity index (χ4v) is 2.73. The van der Waals surface area contributed by atoms with Crippen LogP contribution in [0.15, 0.2) is 22.8 Å². The molecule has 6 nitrogen and oxygen atoms in total. The van der Waals surface area contributed by atoms with E-state index in [2.05, 4.69) is 17.1 Å². The van der Waals surface area contributed by atoms with Crippen molar-refractivity contribution in [1.82, 2.24) is 10.2 Å². The van der Waals surface area contributed by atoms with Gasteiger partial charge in [0.25, 0.3) is 5.91 Å². The lowest BCUT2D eigenvalue weighted by Gasteiger charge is -2.38. The lowest BCUT2D eigenvalue weighted by molar-refractivity contribution is -0.122. The van der Waals surface area contributed by atoms with Crippen molar-refractivity contribution in [3.63, 3.8) is 0 Å². The Hall–Kier alpha value is -1.66. The summed E-state index contributed by atoms with van der Waals surface area (Å²) in [5, 5.41) is 2.34. The number of hydrogen-bond donors (Lipinski definition) is 2. The van der Waals surface area contributed by atoms with Crippen molar-refractivity contribution < 1.29 is 14.0 Å². The van der Waals surface area contributed by atoms with E-state index in [4.69, 9.17) is 10.2 Å². The SMILES string of the molecule is CC1CCCN(CC(=O)NC(=O)c2ccco2)C1CN. The highest BCUT2D eigenvalue weighted by Crippen LogP contribution is 2.22. The molecule has 1 aliphatic heterocycles. The van der Waals surface area contributed by atoms with Crippen LogP contribution in [0.4, 0.5) is 0 Å². The molecule has 0 aromatic carbocycles. The van der Waals surface area contributed by atoms with Gasteiger partial charge in [0.2, 0.25) is 5.91 Å². The van der Waals surface area contributed by atoms with E-state index in [0.29, 0.717) is 12.5 Å². The number of likely N-dealkylation sites (tertiary alicyclic amines) is 1. The van der Waals surface area contributed by atoms with Gasteiger partial charge in [-0.3, -0.25) is 19.8 Å². The lowest BCUT2D eigenvalue weighted by Crippen LogP contribution is -2.52. The molecular formula is C14H21N3O3. The molecule has 0 radical (unpaired) electrons. The van der Waals surface area contributed by atoms with Crippen LogP contribution >= 0.6 is 0 Å². The Labute approximate surface area is 118 Å². The van der Waals surface area contributed by atoms with Gasteiger partial charge in [0, 0.05) is 12.6 Å². The summed E-state index contributed by atoms with van der Waals surface area (Å²) in [5.41, 5.74) is 5.78. The van der Waals surface area contributed by atoms with Gasteiger partial charge in [0.15, 0.2) is 5.76 Å². The predicted octanol–water partition coefficient (Wildman–Crippen LogP) is 0.595. The molecule has 20 heavy (non-hydrogen) atoms. The molecule has 1 aromatic heterocycles. The molecular weight excluding hydrogens is 258 g/mol. The maximum atomic E-state index is 11.9. The molecule has 0 saturated carbocycles. The first-order valence-corrected chi connectivity index (χ1v) is 6.93. The van der Waals surface area contributed by atoms with Crippen molar-refractivity contribution in [2.75, 3.05) is 19.6 Å². The van der Waals surface area contributed by atoms with Crippen LogP contribution in [0.2, 0.25) is 0 Å². The average molecular weight is 279 g/mol. The summed E-state index contributed by atoms with van der Waals surface area (Å²) in [6, 6.07) is 3.33. The highest BCUT2D eigenvalue weighted by molar-refractivity contribution is 6.03. The van der Waals surface area contributed by atoms with Crippen molar-refractivity contribution >= 4 is 11.8 Å². The van der Waals surface area contributed by atoms with Gasteiger partial charge in [-0.15, -0.1) is 0 Å². The summed E-state index contributed by atoms with van der Waals surface area (Å²) in [6.45, 7) is 3.71. The number of nitrogens with zero attached hydrogens (tertiary/aromatic N) is 1. The van der Waals surface area contributed by atoms with Gasteiger partial charge >= 0.3 is 0 Å². The van der Waals surface area contributed by atoms with E-state index in [9.17, 15) is 9.59 Å². The molecule has 2 unspecified atom stereocenters. The van der Waals surface area contributed by atoms with Gasteiger partial charge < -0.3 is 10.2 Å². The van der Waals surface area contributed by atoms with Crippen LogP contribution in [0.25, 0.3) is 0 Å². The second-order valence-corrected chi connectivity index (χ2v) is 5.25. The van der Waals surface area contributed by atoms with Crippen LogP contribution in [-0.4, -0.2) is 42.4 Å². The summed E-state index contributed by atoms with van der Waals surface area (Å²) in [7, 11) is 0. The minimum atomic E-state index is -0.505. The number of carbonyl (C=O) groups is 2. The Bertz CT molecular complexity index is 458. The van der Waals surface area contributed by atoms with Crippen LogP contribution in [0.3, 0.4) is 0 Å². The van der Waals surface area contributed by atoms with E-state index < -0.39 is 5.91 Å². The molecule has 2 atom stereocenters. The van der Waals surface area contributed by atoms with Crippen LogP contribution < -0.4 is 11.1 Å². The maximum absolute atomic E-state index is 11.9. The maximum Gasteiger partial charge on any atom is 0.293 e. The van der Waals surface area contributed by atoms with Crippen LogP contribution in [-0.2, 0) is 4.79 Å². The van der Waals surface area contributed by atoms with Gasteiger partial charge in [0.05, 0.1) is 12.8 Å². The zero-order chi connectivity index (χ0) is 14.5. The average Bonchev–Trinajstić information content (AvgIpc) is 2.92. The molecule has 3 N–H and O–H groups in total. The van der Waals surface area contributed by atoms with Crippen molar-refractivity contribution in [2.24, 2.45) is 11.7 Å². The molecule has 110 valence electrons. The third-order valence-electron chi connectivity index (χ3n) is 3.82. The number of amides is 2. The number of carbonyl (C=O) groups excluding carboxylic acids is 2. The van der Waals surface area contributed by atoms with E-state index >= 15 is 0 Å². The van der Waals surface area contributed by atoms with Gasteiger partial charge in [-0.2, -0.15) is 0 Å². The van der Waals surface area contributed by atoms with Gasteiger partial charge in [-0.1, -0.05) is 6.92 Å². The van der Waals surface area contributed by atoms with E-state index in [1.807, 2.05) is 0 Å². The Balaban J connectivity index is 1.89. The summed E-state index contributed by atoms with van der Waals surface area (Å²) in [5.74, 6) is -0.212. The second kappa shape index (κ2) is 6.67. The van der Waals surface area contributed by atoms with Crippen LogP contribution in [0, 0.1) is 5.92 Å². The van der Waals surface area contributed by atoms with Gasteiger partial charge in [-0.05, 0) is 37.4 Å². The van der Waals surface area contributed by atoms with Gasteiger partial charge in [-0.25, -0.2) is 0 Å². The number of rotatable bonds is 4. The first kappa shape index (κ1) is 14.7. The number of nitrogens with two attached hydrogens (primary N) is 1. The van der Waals surface area contributed by atoms with Crippen LogP contribution in [0.1, 0.15) is 30.3 Å². The lowest BCUT2D eigenvalue weighted by atomic mass is 9.91. The second-order valence-electron chi connectivity index (χ2n) is 5.25. The Morgan fingerprint density at radius 1 is 1.55 bits per heavy atom. The Morgan fingerprint density at radius 2 is 2.35 bits per heavy atom. The number of nitrogens with one attached hydrogen (secondary N) is 1. The first-order chi connectivity index (χ1) is 9.61. The minimum Gasteiger partial charge on any atom is -0.459 e. The number of imide groups is 1. The number of piperidine rings is 1. The van der Waals surface area contributed by atoms with E-state index in [0.717, 1.165) is 19.4 Å². The van der Waals surface area contributed by atoms with Crippen molar-refractivity contribution in [3.05, 3.63) is 24.2 Å².